The Hall–Kier alpha value is -1.57. The lowest BCUT2D eigenvalue weighted by molar-refractivity contribution is -0.384. The number of hydrogen-bond donors (Lipinski definition) is 1. The Balaban J connectivity index is 2.46. The Kier molecular flexibility index (Phi) is 3.55. The zero-order valence-corrected chi connectivity index (χ0v) is 10.9. The van der Waals surface area contributed by atoms with E-state index in [9.17, 15) is 10.1 Å². The van der Waals surface area contributed by atoms with E-state index >= 15 is 0 Å². The molecule has 94 valence electrons. The van der Waals surface area contributed by atoms with Crippen molar-refractivity contribution >= 4 is 28.6 Å². The molecule has 0 aliphatic rings. The SMILES string of the molecule is CC(N)c1nnc(-c2cc(Cl)cc([N+](=O)[O-])c2)s1. The smallest absolute Gasteiger partial charge is 0.271 e. The Morgan fingerprint density at radius 3 is 2.72 bits per heavy atom. The molecule has 0 aliphatic heterocycles. The molecule has 1 unspecified atom stereocenters. The van der Waals surface area contributed by atoms with Crippen molar-refractivity contribution in [3.8, 4) is 10.6 Å². The van der Waals surface area contributed by atoms with E-state index in [0.717, 1.165) is 0 Å². The summed E-state index contributed by atoms with van der Waals surface area (Å²) in [4.78, 5) is 10.2. The molecule has 0 radical (unpaired) electrons. The first kappa shape index (κ1) is 12.9. The summed E-state index contributed by atoms with van der Waals surface area (Å²) in [7, 11) is 0. The van der Waals surface area contributed by atoms with Gasteiger partial charge in [0.15, 0.2) is 0 Å². The summed E-state index contributed by atoms with van der Waals surface area (Å²) in [6.45, 7) is 1.80. The lowest BCUT2D eigenvalue weighted by Gasteiger charge is -1.98. The van der Waals surface area contributed by atoms with Gasteiger partial charge in [-0.15, -0.1) is 10.2 Å². The molecule has 1 aromatic heterocycles. The second kappa shape index (κ2) is 4.97. The molecular weight excluding hydrogens is 276 g/mol. The average Bonchev–Trinajstić information content (AvgIpc) is 2.77. The summed E-state index contributed by atoms with van der Waals surface area (Å²) in [6.07, 6.45) is 0. The van der Waals surface area contributed by atoms with Gasteiger partial charge in [-0.3, -0.25) is 10.1 Å². The molecule has 0 bridgehead atoms. The van der Waals surface area contributed by atoms with Crippen LogP contribution in [0, 0.1) is 10.1 Å². The number of benzene rings is 1. The number of nitrogens with two attached hydrogens (primary N) is 1. The van der Waals surface area contributed by atoms with E-state index in [2.05, 4.69) is 10.2 Å². The molecule has 0 saturated heterocycles. The molecule has 6 nitrogen and oxygen atoms in total. The first-order chi connectivity index (χ1) is 8.47. The van der Waals surface area contributed by atoms with Gasteiger partial charge >= 0.3 is 0 Å². The lowest BCUT2D eigenvalue weighted by Crippen LogP contribution is -2.03. The summed E-state index contributed by atoms with van der Waals surface area (Å²) < 4.78 is 0. The van der Waals surface area contributed by atoms with Gasteiger partial charge in [0.2, 0.25) is 0 Å². The quantitative estimate of drug-likeness (QED) is 0.691. The van der Waals surface area contributed by atoms with E-state index in [-0.39, 0.29) is 16.8 Å². The third kappa shape index (κ3) is 2.63. The van der Waals surface area contributed by atoms with Gasteiger partial charge in [-0.25, -0.2) is 0 Å². The standard InChI is InChI=1S/C10H9ClN4O2S/c1-5(12)9-13-14-10(18-9)6-2-7(11)4-8(3-6)15(16)17/h2-5H,12H2,1H3. The van der Waals surface area contributed by atoms with Gasteiger partial charge in [0.25, 0.3) is 5.69 Å². The molecule has 0 aliphatic carbocycles. The molecule has 1 aromatic carbocycles. The second-order valence-corrected chi connectivity index (χ2v) is 5.13. The van der Waals surface area contributed by atoms with Crippen molar-refractivity contribution < 1.29 is 4.92 Å². The van der Waals surface area contributed by atoms with Crippen molar-refractivity contribution in [2.75, 3.05) is 0 Å². The molecule has 18 heavy (non-hydrogen) atoms. The number of nitro groups is 1. The summed E-state index contributed by atoms with van der Waals surface area (Å²) in [6, 6.07) is 4.10. The van der Waals surface area contributed by atoms with Crippen LogP contribution in [0.25, 0.3) is 10.6 Å². The maximum absolute atomic E-state index is 10.7. The van der Waals surface area contributed by atoms with Crippen molar-refractivity contribution in [1.82, 2.24) is 10.2 Å². The van der Waals surface area contributed by atoms with Crippen LogP contribution in [-0.4, -0.2) is 15.1 Å². The summed E-state index contributed by atoms with van der Waals surface area (Å²) in [5, 5.41) is 20.2. The highest BCUT2D eigenvalue weighted by Gasteiger charge is 2.14. The number of nitro benzene ring substituents is 1. The van der Waals surface area contributed by atoms with E-state index in [1.54, 1.807) is 13.0 Å². The number of aromatic nitrogens is 2. The largest absolute Gasteiger partial charge is 0.322 e. The molecule has 0 spiro atoms. The van der Waals surface area contributed by atoms with Gasteiger partial charge in [0.05, 0.1) is 11.0 Å². The molecule has 0 amide bonds. The van der Waals surface area contributed by atoms with Crippen LogP contribution in [0.5, 0.6) is 0 Å². The number of non-ortho nitro benzene ring substituents is 1. The molecular formula is C10H9ClN4O2S. The fourth-order valence-corrected chi connectivity index (χ4v) is 2.35. The monoisotopic (exact) mass is 284 g/mol. The highest BCUT2D eigenvalue weighted by Crippen LogP contribution is 2.31. The molecule has 2 aromatic rings. The molecule has 8 heteroatoms. The number of rotatable bonds is 3. The third-order valence-electron chi connectivity index (χ3n) is 2.17. The number of halogens is 1. The molecule has 1 heterocycles. The van der Waals surface area contributed by atoms with Gasteiger partial charge in [0, 0.05) is 22.7 Å². The van der Waals surface area contributed by atoms with Crippen LogP contribution in [0.2, 0.25) is 5.02 Å². The summed E-state index contributed by atoms with van der Waals surface area (Å²) in [5.74, 6) is 0. The van der Waals surface area contributed by atoms with Crippen molar-refractivity contribution in [2.45, 2.75) is 13.0 Å². The van der Waals surface area contributed by atoms with E-state index in [1.165, 1.54) is 23.5 Å². The van der Waals surface area contributed by atoms with E-state index in [4.69, 9.17) is 17.3 Å². The lowest BCUT2D eigenvalue weighted by atomic mass is 10.2. The Labute approximate surface area is 112 Å². The topological polar surface area (TPSA) is 94.9 Å². The minimum atomic E-state index is -0.497. The predicted octanol–water partition coefficient (Wildman–Crippen LogP) is 2.79. The highest BCUT2D eigenvalue weighted by atomic mass is 35.5. The van der Waals surface area contributed by atoms with E-state index in [1.807, 2.05) is 0 Å². The minimum Gasteiger partial charge on any atom is -0.322 e. The van der Waals surface area contributed by atoms with Crippen LogP contribution in [0.1, 0.15) is 18.0 Å². The van der Waals surface area contributed by atoms with Crippen molar-refractivity contribution in [3.05, 3.63) is 38.3 Å². The van der Waals surface area contributed by atoms with Crippen molar-refractivity contribution in [2.24, 2.45) is 5.73 Å². The summed E-state index contributed by atoms with van der Waals surface area (Å²) >= 11 is 7.14. The van der Waals surface area contributed by atoms with Crippen LogP contribution in [0.15, 0.2) is 18.2 Å². The zero-order valence-electron chi connectivity index (χ0n) is 9.33. The van der Waals surface area contributed by atoms with E-state index in [0.29, 0.717) is 15.6 Å². The van der Waals surface area contributed by atoms with Gasteiger partial charge in [-0.05, 0) is 13.0 Å². The zero-order chi connectivity index (χ0) is 13.3. The predicted molar refractivity (Wildman–Crippen MR) is 69.6 cm³/mol. The normalized spacial score (nSPS) is 12.4. The Morgan fingerprint density at radius 1 is 1.44 bits per heavy atom. The second-order valence-electron chi connectivity index (χ2n) is 3.69. The van der Waals surface area contributed by atoms with Gasteiger partial charge in [-0.2, -0.15) is 0 Å². The van der Waals surface area contributed by atoms with Crippen LogP contribution < -0.4 is 5.73 Å². The molecule has 2 N–H and O–H groups in total. The molecule has 0 saturated carbocycles. The van der Waals surface area contributed by atoms with E-state index < -0.39 is 4.92 Å². The average molecular weight is 285 g/mol. The third-order valence-corrected chi connectivity index (χ3v) is 3.56. The highest BCUT2D eigenvalue weighted by molar-refractivity contribution is 7.14. The number of hydrogen-bond acceptors (Lipinski definition) is 6. The van der Waals surface area contributed by atoms with Crippen LogP contribution in [0.3, 0.4) is 0 Å². The van der Waals surface area contributed by atoms with Crippen molar-refractivity contribution in [1.29, 1.82) is 0 Å². The Morgan fingerprint density at radius 2 is 2.17 bits per heavy atom. The Bertz CT molecular complexity index is 599. The van der Waals surface area contributed by atoms with Crippen LogP contribution in [0.4, 0.5) is 5.69 Å². The maximum atomic E-state index is 10.7. The van der Waals surface area contributed by atoms with Crippen LogP contribution >= 0.6 is 22.9 Å². The fourth-order valence-electron chi connectivity index (χ4n) is 1.34. The molecule has 0 fully saturated rings. The minimum absolute atomic E-state index is 0.0740. The first-order valence-electron chi connectivity index (χ1n) is 5.01. The molecule has 1 atom stereocenters. The maximum Gasteiger partial charge on any atom is 0.271 e. The van der Waals surface area contributed by atoms with Gasteiger partial charge in [-0.1, -0.05) is 22.9 Å². The molecule has 2 rings (SSSR count). The van der Waals surface area contributed by atoms with Crippen molar-refractivity contribution in [3.63, 3.8) is 0 Å². The first-order valence-corrected chi connectivity index (χ1v) is 6.21. The number of nitrogens with zero attached hydrogens (tertiary/aromatic N) is 3. The van der Waals surface area contributed by atoms with Gasteiger partial charge in [0.1, 0.15) is 10.0 Å². The van der Waals surface area contributed by atoms with Crippen LogP contribution in [-0.2, 0) is 0 Å². The fraction of sp³-hybridized carbons (Fsp3) is 0.200. The van der Waals surface area contributed by atoms with Gasteiger partial charge < -0.3 is 5.73 Å². The summed E-state index contributed by atoms with van der Waals surface area (Å²) in [5.41, 5.74) is 6.18.